The van der Waals surface area contributed by atoms with Gasteiger partial charge in [0.1, 0.15) is 0 Å². The molecule has 0 spiro atoms. The van der Waals surface area contributed by atoms with Gasteiger partial charge in [0, 0.05) is 6.42 Å². The number of ketones is 1. The second-order valence-corrected chi connectivity index (χ2v) is 2.80. The Morgan fingerprint density at radius 1 is 1.45 bits per heavy atom. The summed E-state index contributed by atoms with van der Waals surface area (Å²) < 4.78 is 0. The van der Waals surface area contributed by atoms with Crippen molar-refractivity contribution in [1.82, 2.24) is 0 Å². The van der Waals surface area contributed by atoms with Crippen molar-refractivity contribution in [3.63, 3.8) is 0 Å². The van der Waals surface area contributed by atoms with Gasteiger partial charge in [-0.15, -0.1) is 0 Å². The van der Waals surface area contributed by atoms with Crippen molar-refractivity contribution < 1.29 is 14.7 Å². The summed E-state index contributed by atoms with van der Waals surface area (Å²) in [5.74, 6) is -1.43. The molecule has 0 aliphatic heterocycles. The number of carboxylic acids is 1. The van der Waals surface area contributed by atoms with Crippen LogP contribution in [0.15, 0.2) is 12.2 Å². The van der Waals surface area contributed by atoms with Crippen LogP contribution < -0.4 is 0 Å². The van der Waals surface area contributed by atoms with Crippen LogP contribution in [-0.4, -0.2) is 16.9 Å². The lowest BCUT2D eigenvalue weighted by atomic mass is 10.0. The molecule has 0 saturated carbocycles. The lowest BCUT2D eigenvalue weighted by molar-refractivity contribution is -0.134. The van der Waals surface area contributed by atoms with E-state index in [1.54, 1.807) is 0 Å². The third kappa shape index (κ3) is 3.55. The van der Waals surface area contributed by atoms with E-state index in [1.807, 2.05) is 13.8 Å². The largest absolute Gasteiger partial charge is 0.478 e. The lowest BCUT2D eigenvalue weighted by Gasteiger charge is -2.01. The summed E-state index contributed by atoms with van der Waals surface area (Å²) in [6.45, 7) is 6.87. The van der Waals surface area contributed by atoms with E-state index in [0.29, 0.717) is 0 Å². The number of carbonyl (C=O) groups excluding carboxylic acids is 1. The molecule has 0 fully saturated rings. The summed E-state index contributed by atoms with van der Waals surface area (Å²) >= 11 is 0. The molecule has 0 aliphatic carbocycles. The molecule has 3 nitrogen and oxygen atoms in total. The molecule has 0 amide bonds. The number of Topliss-reactive ketones (excluding diaryl/α,β-unsaturated/α-hetero) is 1. The van der Waals surface area contributed by atoms with Crippen LogP contribution in [0.4, 0.5) is 0 Å². The molecule has 62 valence electrons. The lowest BCUT2D eigenvalue weighted by Crippen LogP contribution is -2.12. The van der Waals surface area contributed by atoms with Crippen molar-refractivity contribution in [3.05, 3.63) is 12.2 Å². The molecule has 0 radical (unpaired) electrons. The Balaban J connectivity index is 4.05. The molecule has 0 aromatic carbocycles. The zero-order chi connectivity index (χ0) is 9.02. The number of hydrogen-bond donors (Lipinski definition) is 1. The standard InChI is InChI=1S/C8H12O3/c1-5(2)4-7(9)6(3)8(10)11/h5H,3-4H2,1-2H3,(H,10,11). The number of carboxylic acid groups (broad SMARTS) is 1. The Labute approximate surface area is 65.7 Å². The summed E-state index contributed by atoms with van der Waals surface area (Å²) in [4.78, 5) is 21.1. The number of hydrogen-bond acceptors (Lipinski definition) is 2. The highest BCUT2D eigenvalue weighted by atomic mass is 16.4. The van der Waals surface area contributed by atoms with Crippen LogP contribution in [0, 0.1) is 5.92 Å². The van der Waals surface area contributed by atoms with E-state index in [2.05, 4.69) is 6.58 Å². The molecule has 1 N–H and O–H groups in total. The maximum atomic E-state index is 10.9. The van der Waals surface area contributed by atoms with Gasteiger partial charge >= 0.3 is 5.97 Å². The SMILES string of the molecule is C=C(C(=O)O)C(=O)CC(C)C. The van der Waals surface area contributed by atoms with Gasteiger partial charge in [0.05, 0.1) is 5.57 Å². The highest BCUT2D eigenvalue weighted by Crippen LogP contribution is 2.05. The zero-order valence-electron chi connectivity index (χ0n) is 6.76. The molecule has 0 aromatic heterocycles. The van der Waals surface area contributed by atoms with Crippen LogP contribution >= 0.6 is 0 Å². The van der Waals surface area contributed by atoms with E-state index >= 15 is 0 Å². The van der Waals surface area contributed by atoms with E-state index in [4.69, 9.17) is 5.11 Å². The molecule has 0 bridgehead atoms. The quantitative estimate of drug-likeness (QED) is 0.378. The minimum atomic E-state index is -1.23. The summed E-state index contributed by atoms with van der Waals surface area (Å²) in [6.07, 6.45) is 0.255. The molecule has 0 heterocycles. The van der Waals surface area contributed by atoms with Crippen molar-refractivity contribution in [1.29, 1.82) is 0 Å². The van der Waals surface area contributed by atoms with Crippen molar-refractivity contribution in [2.75, 3.05) is 0 Å². The monoisotopic (exact) mass is 156 g/mol. The normalized spacial score (nSPS) is 9.73. The fraction of sp³-hybridized carbons (Fsp3) is 0.500. The van der Waals surface area contributed by atoms with Crippen LogP contribution in [-0.2, 0) is 9.59 Å². The molecule has 0 aliphatic rings. The van der Waals surface area contributed by atoms with Crippen molar-refractivity contribution >= 4 is 11.8 Å². The highest BCUT2D eigenvalue weighted by Gasteiger charge is 2.14. The second-order valence-electron chi connectivity index (χ2n) is 2.80. The van der Waals surface area contributed by atoms with Gasteiger partial charge in [0.2, 0.25) is 0 Å². The molecule has 0 unspecified atom stereocenters. The van der Waals surface area contributed by atoms with Crippen LogP contribution in [0.5, 0.6) is 0 Å². The van der Waals surface area contributed by atoms with Gasteiger partial charge < -0.3 is 5.11 Å². The van der Waals surface area contributed by atoms with Gasteiger partial charge in [0.15, 0.2) is 5.78 Å². The molecule has 0 rings (SSSR count). The Kier molecular flexibility index (Phi) is 3.51. The Hall–Kier alpha value is -1.12. The number of aliphatic carboxylic acids is 1. The van der Waals surface area contributed by atoms with Gasteiger partial charge in [-0.25, -0.2) is 4.79 Å². The average molecular weight is 156 g/mol. The van der Waals surface area contributed by atoms with Crippen LogP contribution in [0.3, 0.4) is 0 Å². The molecule has 3 heteroatoms. The minimum absolute atomic E-state index is 0.179. The van der Waals surface area contributed by atoms with Gasteiger partial charge in [-0.1, -0.05) is 20.4 Å². The van der Waals surface area contributed by atoms with E-state index in [9.17, 15) is 9.59 Å². The molecule has 0 saturated heterocycles. The van der Waals surface area contributed by atoms with E-state index < -0.39 is 5.97 Å². The van der Waals surface area contributed by atoms with E-state index in [-0.39, 0.29) is 23.7 Å². The van der Waals surface area contributed by atoms with Crippen molar-refractivity contribution in [2.45, 2.75) is 20.3 Å². The third-order valence-corrected chi connectivity index (χ3v) is 1.19. The highest BCUT2D eigenvalue weighted by molar-refractivity contribution is 6.15. The minimum Gasteiger partial charge on any atom is -0.478 e. The fourth-order valence-electron chi connectivity index (χ4n) is 0.613. The summed E-state index contributed by atoms with van der Waals surface area (Å²) in [7, 11) is 0. The number of rotatable bonds is 4. The van der Waals surface area contributed by atoms with Crippen LogP contribution in [0.2, 0.25) is 0 Å². The van der Waals surface area contributed by atoms with Crippen molar-refractivity contribution in [3.8, 4) is 0 Å². The molecule has 0 atom stereocenters. The second kappa shape index (κ2) is 3.91. The Morgan fingerprint density at radius 2 is 1.91 bits per heavy atom. The van der Waals surface area contributed by atoms with Gasteiger partial charge in [-0.2, -0.15) is 0 Å². The average Bonchev–Trinajstić information content (AvgIpc) is 1.84. The predicted molar refractivity (Wildman–Crippen MR) is 41.2 cm³/mol. The first-order valence-electron chi connectivity index (χ1n) is 3.40. The van der Waals surface area contributed by atoms with Crippen LogP contribution in [0.25, 0.3) is 0 Å². The van der Waals surface area contributed by atoms with Crippen LogP contribution in [0.1, 0.15) is 20.3 Å². The Bertz CT molecular complexity index is 192. The van der Waals surface area contributed by atoms with E-state index in [0.717, 1.165) is 0 Å². The van der Waals surface area contributed by atoms with E-state index in [1.165, 1.54) is 0 Å². The first-order valence-corrected chi connectivity index (χ1v) is 3.40. The Morgan fingerprint density at radius 3 is 2.18 bits per heavy atom. The summed E-state index contributed by atoms with van der Waals surface area (Å²) in [5, 5.41) is 8.34. The molecule has 11 heavy (non-hydrogen) atoms. The smallest absolute Gasteiger partial charge is 0.338 e. The predicted octanol–water partition coefficient (Wildman–Crippen LogP) is 1.24. The van der Waals surface area contributed by atoms with Gasteiger partial charge in [-0.05, 0) is 5.92 Å². The van der Waals surface area contributed by atoms with Crippen molar-refractivity contribution in [2.24, 2.45) is 5.92 Å². The first-order chi connectivity index (χ1) is 4.95. The van der Waals surface area contributed by atoms with Gasteiger partial charge in [0.25, 0.3) is 0 Å². The van der Waals surface area contributed by atoms with Gasteiger partial charge in [-0.3, -0.25) is 4.79 Å². The summed E-state index contributed by atoms with van der Waals surface area (Å²) in [6, 6.07) is 0. The number of carbonyl (C=O) groups is 2. The molecule has 0 aromatic rings. The molecular formula is C8H12O3. The third-order valence-electron chi connectivity index (χ3n) is 1.19. The fourth-order valence-corrected chi connectivity index (χ4v) is 0.613. The first kappa shape index (κ1) is 9.88. The summed E-state index contributed by atoms with van der Waals surface area (Å²) in [5.41, 5.74) is -0.321. The zero-order valence-corrected chi connectivity index (χ0v) is 6.76. The maximum absolute atomic E-state index is 10.9. The maximum Gasteiger partial charge on any atom is 0.338 e. The topological polar surface area (TPSA) is 54.4 Å². The molecular weight excluding hydrogens is 144 g/mol.